The maximum atomic E-state index is 11.9. The molecule has 0 saturated heterocycles. The third-order valence-corrected chi connectivity index (χ3v) is 5.24. The first-order valence-electron chi connectivity index (χ1n) is 9.76. The second-order valence-corrected chi connectivity index (χ2v) is 7.32. The molecular weight excluding hydrogens is 364 g/mol. The number of nitrogens with zero attached hydrogens (tertiary/aromatic N) is 5. The smallest absolute Gasteiger partial charge is 0.219 e. The summed E-state index contributed by atoms with van der Waals surface area (Å²) in [5.41, 5.74) is 4.91. The lowest BCUT2D eigenvalue weighted by atomic mass is 10.0. The van der Waals surface area contributed by atoms with E-state index in [2.05, 4.69) is 35.2 Å². The molecule has 1 aliphatic rings. The van der Waals surface area contributed by atoms with Gasteiger partial charge in [-0.1, -0.05) is 6.07 Å². The van der Waals surface area contributed by atoms with Gasteiger partial charge in [0, 0.05) is 43.2 Å². The first-order chi connectivity index (χ1) is 14.0. The highest BCUT2D eigenvalue weighted by Crippen LogP contribution is 2.29. The van der Waals surface area contributed by atoms with Crippen LogP contribution < -0.4 is 5.32 Å². The number of aryl methyl sites for hydroxylation is 1. The number of nitrogens with one attached hydrogen (secondary N) is 1. The van der Waals surface area contributed by atoms with E-state index < -0.39 is 0 Å². The Morgan fingerprint density at radius 1 is 1.21 bits per heavy atom. The first kappa shape index (κ1) is 19.0. The van der Waals surface area contributed by atoms with Gasteiger partial charge in [0.25, 0.3) is 0 Å². The molecule has 0 bridgehead atoms. The Morgan fingerprint density at radius 3 is 2.76 bits per heavy atom. The van der Waals surface area contributed by atoms with Crippen LogP contribution >= 0.6 is 0 Å². The molecule has 1 N–H and O–H groups in total. The lowest BCUT2D eigenvalue weighted by molar-refractivity contribution is -0.129. The van der Waals surface area contributed by atoms with Crippen LogP contribution in [-0.2, 0) is 17.8 Å². The average Bonchev–Trinajstić information content (AvgIpc) is 2.74. The van der Waals surface area contributed by atoms with Crippen molar-refractivity contribution in [2.45, 2.75) is 39.8 Å². The molecule has 0 radical (unpaired) electrons. The van der Waals surface area contributed by atoms with Gasteiger partial charge < -0.3 is 10.2 Å². The number of amides is 1. The summed E-state index contributed by atoms with van der Waals surface area (Å²) >= 11 is 0. The first-order valence-corrected chi connectivity index (χ1v) is 9.76. The van der Waals surface area contributed by atoms with Crippen LogP contribution in [0, 0.1) is 6.92 Å². The fourth-order valence-electron chi connectivity index (χ4n) is 3.67. The lowest BCUT2D eigenvalue weighted by Crippen LogP contribution is -2.35. The van der Waals surface area contributed by atoms with E-state index in [0.29, 0.717) is 18.9 Å². The third-order valence-electron chi connectivity index (χ3n) is 5.24. The van der Waals surface area contributed by atoms with Crippen LogP contribution in [0.25, 0.3) is 11.4 Å². The van der Waals surface area contributed by atoms with Gasteiger partial charge in [0.2, 0.25) is 5.91 Å². The van der Waals surface area contributed by atoms with E-state index in [4.69, 9.17) is 9.97 Å². The molecule has 0 aliphatic carbocycles. The second kappa shape index (κ2) is 7.95. The number of fused-ring (bicyclic) bond motifs is 1. The largest absolute Gasteiger partial charge is 0.362 e. The third kappa shape index (κ3) is 3.94. The summed E-state index contributed by atoms with van der Waals surface area (Å²) in [5.74, 6) is 1.47. The van der Waals surface area contributed by atoms with Gasteiger partial charge in [-0.15, -0.1) is 0 Å². The molecule has 1 atom stereocenters. The summed E-state index contributed by atoms with van der Waals surface area (Å²) in [6.45, 7) is 6.90. The van der Waals surface area contributed by atoms with Crippen molar-refractivity contribution >= 4 is 11.7 Å². The molecule has 7 heteroatoms. The minimum Gasteiger partial charge on any atom is -0.362 e. The zero-order chi connectivity index (χ0) is 20.4. The van der Waals surface area contributed by atoms with Crippen LogP contribution in [0.1, 0.15) is 42.4 Å². The van der Waals surface area contributed by atoms with Crippen LogP contribution in [0.5, 0.6) is 0 Å². The Bertz CT molecular complexity index is 1040. The molecule has 3 aromatic heterocycles. The number of carbonyl (C=O) groups excluding carboxylic acids is 1. The van der Waals surface area contributed by atoms with Gasteiger partial charge in [-0.2, -0.15) is 0 Å². The van der Waals surface area contributed by atoms with Crippen molar-refractivity contribution in [3.63, 3.8) is 0 Å². The second-order valence-electron chi connectivity index (χ2n) is 7.32. The molecule has 0 fully saturated rings. The zero-order valence-electron chi connectivity index (χ0n) is 16.9. The summed E-state index contributed by atoms with van der Waals surface area (Å²) in [5, 5.41) is 3.54. The lowest BCUT2D eigenvalue weighted by Gasteiger charge is -2.29. The van der Waals surface area contributed by atoms with E-state index in [9.17, 15) is 4.79 Å². The zero-order valence-corrected chi connectivity index (χ0v) is 16.9. The number of rotatable bonds is 4. The highest BCUT2D eigenvalue weighted by atomic mass is 16.2. The van der Waals surface area contributed by atoms with Crippen LogP contribution in [0.4, 0.5) is 5.82 Å². The summed E-state index contributed by atoms with van der Waals surface area (Å²) in [6, 6.07) is 7.79. The number of hydrogen-bond donors (Lipinski definition) is 1. The minimum absolute atomic E-state index is 0.0113. The quantitative estimate of drug-likeness (QED) is 0.738. The standard InChI is InChI=1S/C22H24N6O/c1-14-6-4-10-24-20(14)15(2)25-22-18-8-11-28(16(3)29)13-19(18)26-21(27-22)17-7-5-9-23-12-17/h4-7,9-10,12,15H,8,11,13H2,1-3H3,(H,25,26,27)/t15-/m0/s1. The average molecular weight is 388 g/mol. The molecule has 148 valence electrons. The van der Waals surface area contributed by atoms with Gasteiger partial charge in [-0.3, -0.25) is 14.8 Å². The van der Waals surface area contributed by atoms with E-state index >= 15 is 0 Å². The monoisotopic (exact) mass is 388 g/mol. The van der Waals surface area contributed by atoms with Crippen LogP contribution in [0.3, 0.4) is 0 Å². The van der Waals surface area contributed by atoms with Crippen LogP contribution in [-0.4, -0.2) is 37.3 Å². The molecule has 0 aromatic carbocycles. The predicted molar refractivity (Wildman–Crippen MR) is 111 cm³/mol. The predicted octanol–water partition coefficient (Wildman–Crippen LogP) is 3.32. The molecule has 1 aliphatic heterocycles. The van der Waals surface area contributed by atoms with Crippen molar-refractivity contribution in [1.29, 1.82) is 0 Å². The van der Waals surface area contributed by atoms with Crippen molar-refractivity contribution in [3.05, 3.63) is 65.4 Å². The molecular formula is C22H24N6O. The molecule has 4 rings (SSSR count). The minimum atomic E-state index is -0.0113. The number of carbonyl (C=O) groups is 1. The highest BCUT2D eigenvalue weighted by Gasteiger charge is 2.25. The van der Waals surface area contributed by atoms with Crippen molar-refractivity contribution in [3.8, 4) is 11.4 Å². The van der Waals surface area contributed by atoms with Gasteiger partial charge in [0.05, 0.1) is 24.0 Å². The Kier molecular flexibility index (Phi) is 5.20. The number of hydrogen-bond acceptors (Lipinski definition) is 6. The normalized spacial score (nSPS) is 14.2. The fraction of sp³-hybridized carbons (Fsp3) is 0.318. The van der Waals surface area contributed by atoms with E-state index in [1.54, 1.807) is 19.3 Å². The molecule has 7 nitrogen and oxygen atoms in total. The summed E-state index contributed by atoms with van der Waals surface area (Å²) < 4.78 is 0. The molecule has 4 heterocycles. The Labute approximate surface area is 170 Å². The number of aromatic nitrogens is 4. The van der Waals surface area contributed by atoms with Gasteiger partial charge in [-0.25, -0.2) is 9.97 Å². The Hall–Kier alpha value is -3.35. The van der Waals surface area contributed by atoms with Crippen molar-refractivity contribution in [1.82, 2.24) is 24.8 Å². The highest BCUT2D eigenvalue weighted by molar-refractivity contribution is 5.74. The summed E-state index contributed by atoms with van der Waals surface area (Å²) in [7, 11) is 0. The van der Waals surface area contributed by atoms with Crippen molar-refractivity contribution in [2.75, 3.05) is 11.9 Å². The number of anilines is 1. The topological polar surface area (TPSA) is 83.9 Å². The SMILES string of the molecule is CC(=O)N1CCc2c(nc(-c3cccnc3)nc2N[C@@H](C)c2ncccc2C)C1. The molecule has 29 heavy (non-hydrogen) atoms. The van der Waals surface area contributed by atoms with E-state index in [1.165, 1.54) is 0 Å². The van der Waals surface area contributed by atoms with Crippen LogP contribution in [0.2, 0.25) is 0 Å². The molecule has 1 amide bonds. The summed E-state index contributed by atoms with van der Waals surface area (Å²) in [4.78, 5) is 32.0. The number of pyridine rings is 2. The summed E-state index contributed by atoms with van der Waals surface area (Å²) in [6.07, 6.45) is 6.01. The van der Waals surface area contributed by atoms with Crippen molar-refractivity contribution < 1.29 is 4.79 Å². The maximum absolute atomic E-state index is 11.9. The van der Waals surface area contributed by atoms with Gasteiger partial charge in [0.1, 0.15) is 5.82 Å². The molecule has 0 unspecified atom stereocenters. The van der Waals surface area contributed by atoms with Gasteiger partial charge in [-0.05, 0) is 44.0 Å². The molecule has 3 aromatic rings. The van der Waals surface area contributed by atoms with E-state index in [1.807, 2.05) is 29.3 Å². The maximum Gasteiger partial charge on any atom is 0.219 e. The molecule has 0 spiro atoms. The Balaban J connectivity index is 1.75. The van der Waals surface area contributed by atoms with E-state index in [0.717, 1.165) is 40.3 Å². The Morgan fingerprint density at radius 2 is 2.03 bits per heavy atom. The van der Waals surface area contributed by atoms with Gasteiger partial charge >= 0.3 is 0 Å². The van der Waals surface area contributed by atoms with Crippen molar-refractivity contribution in [2.24, 2.45) is 0 Å². The van der Waals surface area contributed by atoms with E-state index in [-0.39, 0.29) is 11.9 Å². The molecule has 0 saturated carbocycles. The van der Waals surface area contributed by atoms with Gasteiger partial charge in [0.15, 0.2) is 5.82 Å². The van der Waals surface area contributed by atoms with Crippen LogP contribution in [0.15, 0.2) is 42.9 Å². The fourth-order valence-corrected chi connectivity index (χ4v) is 3.67.